The summed E-state index contributed by atoms with van der Waals surface area (Å²) in [6, 6.07) is 8.24. The van der Waals surface area contributed by atoms with E-state index in [9.17, 15) is 14.0 Å². The van der Waals surface area contributed by atoms with Crippen molar-refractivity contribution in [2.24, 2.45) is 0 Å². The van der Waals surface area contributed by atoms with Crippen LogP contribution in [0.25, 0.3) is 21.5 Å². The van der Waals surface area contributed by atoms with Gasteiger partial charge in [0.2, 0.25) is 0 Å². The minimum Gasteiger partial charge on any atom is -0.464 e. The zero-order valence-corrected chi connectivity index (χ0v) is 18.2. The molecule has 164 valence electrons. The highest BCUT2D eigenvalue weighted by Crippen LogP contribution is 2.31. The van der Waals surface area contributed by atoms with E-state index in [0.29, 0.717) is 65.8 Å². The average molecular weight is 453 g/mol. The number of carbonyl (C=O) groups is 1. The maximum atomic E-state index is 14.5. The predicted octanol–water partition coefficient (Wildman–Crippen LogP) is 3.91. The molecule has 0 amide bonds. The first-order chi connectivity index (χ1) is 15.5. The summed E-state index contributed by atoms with van der Waals surface area (Å²) in [6.45, 7) is 4.64. The highest BCUT2D eigenvalue weighted by molar-refractivity contribution is 7.17. The Hall–Kier alpha value is -3.30. The summed E-state index contributed by atoms with van der Waals surface area (Å²) in [4.78, 5) is 36.6. The molecule has 0 bridgehead atoms. The van der Waals surface area contributed by atoms with Gasteiger partial charge in [0.05, 0.1) is 23.9 Å². The minimum atomic E-state index is -0.382. The molecule has 7 nitrogen and oxygen atoms in total. The van der Waals surface area contributed by atoms with Gasteiger partial charge in [-0.2, -0.15) is 0 Å². The number of aromatic amines is 1. The lowest BCUT2D eigenvalue weighted by atomic mass is 10.1. The van der Waals surface area contributed by atoms with Gasteiger partial charge in [-0.1, -0.05) is 0 Å². The smallest absolute Gasteiger partial charge is 0.260 e. The lowest BCUT2D eigenvalue weighted by molar-refractivity contribution is 0.101. The number of thiophene rings is 1. The maximum absolute atomic E-state index is 14.5. The number of furan rings is 1. The Bertz CT molecular complexity index is 1340. The van der Waals surface area contributed by atoms with Crippen molar-refractivity contribution in [1.82, 2.24) is 14.9 Å². The second kappa shape index (κ2) is 8.33. The third-order valence-electron chi connectivity index (χ3n) is 5.72. The highest BCUT2D eigenvalue weighted by Gasteiger charge is 2.22. The van der Waals surface area contributed by atoms with E-state index >= 15 is 0 Å². The summed E-state index contributed by atoms with van der Waals surface area (Å²) >= 11 is 1.42. The van der Waals surface area contributed by atoms with Crippen LogP contribution in [0.15, 0.2) is 51.2 Å². The lowest BCUT2D eigenvalue weighted by Gasteiger charge is -2.36. The maximum Gasteiger partial charge on any atom is 0.260 e. The van der Waals surface area contributed by atoms with Gasteiger partial charge in [0.25, 0.3) is 5.56 Å². The van der Waals surface area contributed by atoms with Gasteiger partial charge in [-0.15, -0.1) is 11.3 Å². The summed E-state index contributed by atoms with van der Waals surface area (Å²) in [5.41, 5.74) is 1.45. The van der Waals surface area contributed by atoms with E-state index in [0.717, 1.165) is 5.56 Å². The van der Waals surface area contributed by atoms with Gasteiger partial charge in [0.15, 0.2) is 5.78 Å². The van der Waals surface area contributed by atoms with Crippen LogP contribution in [0, 0.1) is 5.82 Å². The van der Waals surface area contributed by atoms with Gasteiger partial charge in [-0.25, -0.2) is 9.37 Å². The fourth-order valence-corrected chi connectivity index (χ4v) is 4.97. The molecule has 9 heteroatoms. The van der Waals surface area contributed by atoms with Crippen LogP contribution in [0.2, 0.25) is 0 Å². The molecule has 0 aliphatic carbocycles. The summed E-state index contributed by atoms with van der Waals surface area (Å²) in [5.74, 6) is 0.727. The van der Waals surface area contributed by atoms with Crippen molar-refractivity contribution in [2.75, 3.05) is 31.1 Å². The van der Waals surface area contributed by atoms with Crippen molar-refractivity contribution in [2.45, 2.75) is 13.5 Å². The fourth-order valence-electron chi connectivity index (χ4n) is 4.02. The molecule has 1 fully saturated rings. The predicted molar refractivity (Wildman–Crippen MR) is 122 cm³/mol. The number of hydrogen-bond donors (Lipinski definition) is 1. The third-order valence-corrected chi connectivity index (χ3v) is 6.59. The first-order valence-electron chi connectivity index (χ1n) is 10.3. The molecular formula is C23H21FN4O3S. The molecule has 4 heterocycles. The number of nitrogens with zero attached hydrogens (tertiary/aromatic N) is 3. The number of benzene rings is 1. The molecule has 0 radical (unpaired) electrons. The number of fused-ring (bicyclic) bond motifs is 1. The van der Waals surface area contributed by atoms with Crippen molar-refractivity contribution < 1.29 is 13.6 Å². The topological polar surface area (TPSA) is 82.4 Å². The number of rotatable bonds is 5. The second-order valence-corrected chi connectivity index (χ2v) is 8.66. The zero-order chi connectivity index (χ0) is 22.2. The Kier molecular flexibility index (Phi) is 5.36. The Balaban J connectivity index is 1.28. The van der Waals surface area contributed by atoms with Crippen LogP contribution in [0.3, 0.4) is 0 Å². The number of halogens is 1. The summed E-state index contributed by atoms with van der Waals surface area (Å²) in [7, 11) is 0. The zero-order valence-electron chi connectivity index (χ0n) is 17.4. The van der Waals surface area contributed by atoms with E-state index in [1.807, 2.05) is 16.3 Å². The largest absolute Gasteiger partial charge is 0.464 e. The van der Waals surface area contributed by atoms with Crippen LogP contribution in [-0.2, 0) is 6.54 Å². The summed E-state index contributed by atoms with van der Waals surface area (Å²) in [6.07, 6.45) is 1.58. The number of Topliss-reactive ketones (excluding diaryl/α,β-unsaturated/α-hetero) is 1. The highest BCUT2D eigenvalue weighted by atomic mass is 32.1. The van der Waals surface area contributed by atoms with Crippen LogP contribution in [0.4, 0.5) is 10.1 Å². The average Bonchev–Trinajstić information content (AvgIpc) is 3.44. The second-order valence-electron chi connectivity index (χ2n) is 7.81. The Morgan fingerprint density at radius 1 is 1.25 bits per heavy atom. The van der Waals surface area contributed by atoms with Crippen molar-refractivity contribution in [3.8, 4) is 11.3 Å². The molecule has 1 aromatic carbocycles. The number of nitrogens with one attached hydrogen (secondary N) is 1. The van der Waals surface area contributed by atoms with Gasteiger partial charge in [-0.05, 0) is 37.3 Å². The lowest BCUT2D eigenvalue weighted by Crippen LogP contribution is -2.46. The van der Waals surface area contributed by atoms with E-state index in [4.69, 9.17) is 4.42 Å². The number of carbonyl (C=O) groups excluding carboxylic acids is 1. The van der Waals surface area contributed by atoms with Crippen LogP contribution in [0.5, 0.6) is 0 Å². The van der Waals surface area contributed by atoms with E-state index in [-0.39, 0.29) is 17.2 Å². The van der Waals surface area contributed by atoms with Crippen molar-refractivity contribution in [1.29, 1.82) is 0 Å². The van der Waals surface area contributed by atoms with Crippen LogP contribution >= 0.6 is 11.3 Å². The Labute approximate surface area is 187 Å². The van der Waals surface area contributed by atoms with Gasteiger partial charge in [-0.3, -0.25) is 14.5 Å². The van der Waals surface area contributed by atoms with Crippen molar-refractivity contribution >= 4 is 33.0 Å². The van der Waals surface area contributed by atoms with Crippen LogP contribution in [0.1, 0.15) is 23.1 Å². The Morgan fingerprint density at radius 3 is 2.75 bits per heavy atom. The van der Waals surface area contributed by atoms with E-state index in [2.05, 4.69) is 14.9 Å². The number of hydrogen-bond acceptors (Lipinski definition) is 7. The van der Waals surface area contributed by atoms with Crippen LogP contribution < -0.4 is 10.5 Å². The molecule has 5 rings (SSSR count). The van der Waals surface area contributed by atoms with Crippen molar-refractivity contribution in [3.05, 3.63) is 69.5 Å². The SMILES string of the molecule is CC(=O)c1ccc(N2CCN(Cc3nc4scc(-c5ccco5)c4c(=O)[nH]3)CC2)c(F)c1. The molecule has 1 N–H and O–H groups in total. The molecule has 32 heavy (non-hydrogen) atoms. The van der Waals surface area contributed by atoms with Gasteiger partial charge >= 0.3 is 0 Å². The molecule has 0 spiro atoms. The van der Waals surface area contributed by atoms with E-state index in [1.54, 1.807) is 24.5 Å². The molecule has 0 unspecified atom stereocenters. The van der Waals surface area contributed by atoms with E-state index in [1.165, 1.54) is 24.3 Å². The summed E-state index contributed by atoms with van der Waals surface area (Å²) in [5, 5.41) is 2.43. The first kappa shape index (κ1) is 20.6. The van der Waals surface area contributed by atoms with Crippen molar-refractivity contribution in [3.63, 3.8) is 0 Å². The molecule has 0 saturated carbocycles. The van der Waals surface area contributed by atoms with Gasteiger partial charge in [0, 0.05) is 42.7 Å². The molecule has 1 aliphatic heterocycles. The van der Waals surface area contributed by atoms with E-state index < -0.39 is 0 Å². The molecule has 0 atom stereocenters. The first-order valence-corrected chi connectivity index (χ1v) is 11.2. The fraction of sp³-hybridized carbons (Fsp3) is 0.261. The number of H-pyrrole nitrogens is 1. The monoisotopic (exact) mass is 452 g/mol. The number of piperazine rings is 1. The molecule has 1 aliphatic rings. The Morgan fingerprint density at radius 2 is 2.06 bits per heavy atom. The number of aromatic nitrogens is 2. The molecule has 4 aromatic rings. The quantitative estimate of drug-likeness (QED) is 0.463. The minimum absolute atomic E-state index is 0.152. The van der Waals surface area contributed by atoms with Gasteiger partial charge < -0.3 is 14.3 Å². The molecule has 1 saturated heterocycles. The number of ketones is 1. The van der Waals surface area contributed by atoms with Crippen LogP contribution in [-0.4, -0.2) is 46.8 Å². The summed E-state index contributed by atoms with van der Waals surface area (Å²) < 4.78 is 19.9. The van der Waals surface area contributed by atoms with Gasteiger partial charge in [0.1, 0.15) is 22.2 Å². The normalized spacial score (nSPS) is 14.9. The third kappa shape index (κ3) is 3.85. The molecular weight excluding hydrogens is 431 g/mol. The standard InChI is InChI=1S/C23H21FN4O3S/c1-14(29)15-4-5-18(17(24)11-15)28-8-6-27(7-9-28)12-20-25-22(30)21-16(13-32-23(21)26-20)19-3-2-10-31-19/h2-5,10-11,13H,6-9,12H2,1H3,(H,25,26,30). The number of anilines is 1. The molecule has 3 aromatic heterocycles.